The lowest BCUT2D eigenvalue weighted by molar-refractivity contribution is 0.145. The summed E-state index contributed by atoms with van der Waals surface area (Å²) in [6.45, 7) is 3.71. The highest BCUT2D eigenvalue weighted by Crippen LogP contribution is 2.24. The fourth-order valence-corrected chi connectivity index (χ4v) is 3.41. The summed E-state index contributed by atoms with van der Waals surface area (Å²) in [6.07, 6.45) is 4.70. The van der Waals surface area contributed by atoms with Crippen molar-refractivity contribution < 1.29 is 9.50 Å². The lowest BCUT2D eigenvalue weighted by Gasteiger charge is -2.31. The normalized spacial score (nSPS) is 20.5. The Morgan fingerprint density at radius 3 is 2.54 bits per heavy atom. The number of guanidine groups is 1. The molecule has 2 saturated heterocycles. The number of halogens is 1. The molecular formula is C18H27FN4O. The smallest absolute Gasteiger partial charge is 0.191 e. The van der Waals surface area contributed by atoms with Gasteiger partial charge < -0.3 is 20.6 Å². The maximum Gasteiger partial charge on any atom is 0.191 e. The van der Waals surface area contributed by atoms with Gasteiger partial charge in [0.25, 0.3) is 0 Å². The van der Waals surface area contributed by atoms with Crippen LogP contribution in [0.1, 0.15) is 37.7 Å². The number of nitrogens with zero attached hydrogens (tertiary/aromatic N) is 3. The molecule has 0 spiro atoms. The summed E-state index contributed by atoms with van der Waals surface area (Å²) in [6, 6.07) is 5.28. The number of hydrogen-bond donors (Lipinski definition) is 2. The number of nitrogens with two attached hydrogens (primary N) is 1. The van der Waals surface area contributed by atoms with Crippen LogP contribution in [-0.2, 0) is 6.54 Å². The predicted molar refractivity (Wildman–Crippen MR) is 94.6 cm³/mol. The largest absolute Gasteiger partial charge is 0.393 e. The second-order valence-corrected chi connectivity index (χ2v) is 6.73. The average Bonchev–Trinajstić information content (AvgIpc) is 2.61. The third kappa shape index (κ3) is 4.17. The summed E-state index contributed by atoms with van der Waals surface area (Å²) in [5, 5.41) is 9.57. The molecule has 2 heterocycles. The van der Waals surface area contributed by atoms with Crippen molar-refractivity contribution in [2.24, 2.45) is 10.7 Å². The molecule has 132 valence electrons. The lowest BCUT2D eigenvalue weighted by Crippen LogP contribution is -2.40. The van der Waals surface area contributed by atoms with E-state index in [1.165, 1.54) is 6.42 Å². The van der Waals surface area contributed by atoms with E-state index in [9.17, 15) is 9.50 Å². The fraction of sp³-hybridized carbons (Fsp3) is 0.611. The molecule has 0 aromatic heterocycles. The topological polar surface area (TPSA) is 65.1 Å². The van der Waals surface area contributed by atoms with Crippen LogP contribution >= 0.6 is 0 Å². The van der Waals surface area contributed by atoms with Crippen molar-refractivity contribution in [1.29, 1.82) is 0 Å². The third-order valence-corrected chi connectivity index (χ3v) is 4.92. The van der Waals surface area contributed by atoms with Crippen LogP contribution in [0.2, 0.25) is 0 Å². The van der Waals surface area contributed by atoms with Crippen LogP contribution in [0.4, 0.5) is 10.1 Å². The number of hydrogen-bond acceptors (Lipinski definition) is 3. The predicted octanol–water partition coefficient (Wildman–Crippen LogP) is 2.09. The van der Waals surface area contributed by atoms with E-state index in [4.69, 9.17) is 5.73 Å². The summed E-state index contributed by atoms with van der Waals surface area (Å²) in [5.74, 6) is 0.333. The summed E-state index contributed by atoms with van der Waals surface area (Å²) in [5.41, 5.74) is 7.48. The number of piperidine rings is 2. The van der Waals surface area contributed by atoms with Crippen molar-refractivity contribution in [1.82, 2.24) is 4.90 Å². The van der Waals surface area contributed by atoms with Crippen LogP contribution in [0.15, 0.2) is 23.2 Å². The molecule has 0 unspecified atom stereocenters. The highest BCUT2D eigenvalue weighted by molar-refractivity contribution is 5.78. The Hall–Kier alpha value is -1.82. The SMILES string of the molecule is NC(=NCc1ccc(N2CCC(O)CC2)c(F)c1)N1CCCCC1. The van der Waals surface area contributed by atoms with Gasteiger partial charge in [-0.1, -0.05) is 6.07 Å². The van der Waals surface area contributed by atoms with E-state index in [0.29, 0.717) is 44.1 Å². The van der Waals surface area contributed by atoms with E-state index in [1.54, 1.807) is 6.07 Å². The Bertz CT molecular complexity index is 578. The molecule has 0 saturated carbocycles. The van der Waals surface area contributed by atoms with Crippen LogP contribution in [0.25, 0.3) is 0 Å². The number of anilines is 1. The van der Waals surface area contributed by atoms with E-state index in [2.05, 4.69) is 9.89 Å². The van der Waals surface area contributed by atoms with E-state index >= 15 is 0 Å². The lowest BCUT2D eigenvalue weighted by atomic mass is 10.1. The number of aliphatic hydroxyl groups excluding tert-OH is 1. The van der Waals surface area contributed by atoms with E-state index in [0.717, 1.165) is 31.5 Å². The van der Waals surface area contributed by atoms with Crippen molar-refractivity contribution in [2.45, 2.75) is 44.8 Å². The molecule has 0 amide bonds. The van der Waals surface area contributed by atoms with Crippen LogP contribution in [0.3, 0.4) is 0 Å². The van der Waals surface area contributed by atoms with Gasteiger partial charge in [0.2, 0.25) is 0 Å². The quantitative estimate of drug-likeness (QED) is 0.656. The van der Waals surface area contributed by atoms with Gasteiger partial charge in [-0.2, -0.15) is 0 Å². The van der Waals surface area contributed by atoms with Crippen molar-refractivity contribution in [3.05, 3.63) is 29.6 Å². The van der Waals surface area contributed by atoms with Crippen molar-refractivity contribution in [3.63, 3.8) is 0 Å². The fourth-order valence-electron chi connectivity index (χ4n) is 3.41. The Morgan fingerprint density at radius 1 is 1.17 bits per heavy atom. The summed E-state index contributed by atoms with van der Waals surface area (Å²) in [7, 11) is 0. The number of likely N-dealkylation sites (tertiary alicyclic amines) is 1. The van der Waals surface area contributed by atoms with Crippen molar-refractivity contribution in [2.75, 3.05) is 31.1 Å². The molecule has 1 aromatic rings. The van der Waals surface area contributed by atoms with Gasteiger partial charge in [-0.3, -0.25) is 0 Å². The molecule has 0 radical (unpaired) electrons. The first-order chi connectivity index (χ1) is 11.6. The number of benzene rings is 1. The van der Waals surface area contributed by atoms with Crippen LogP contribution in [0, 0.1) is 5.82 Å². The molecule has 2 aliphatic heterocycles. The van der Waals surface area contributed by atoms with Gasteiger partial charge in [0.15, 0.2) is 5.96 Å². The molecule has 5 nitrogen and oxygen atoms in total. The molecule has 0 atom stereocenters. The molecule has 2 fully saturated rings. The second-order valence-electron chi connectivity index (χ2n) is 6.73. The van der Waals surface area contributed by atoms with Gasteiger partial charge in [0.05, 0.1) is 18.3 Å². The summed E-state index contributed by atoms with van der Waals surface area (Å²) < 4.78 is 14.4. The molecule has 3 N–H and O–H groups in total. The van der Waals surface area contributed by atoms with E-state index in [-0.39, 0.29) is 11.9 Å². The zero-order valence-corrected chi connectivity index (χ0v) is 14.1. The Labute approximate surface area is 143 Å². The Morgan fingerprint density at radius 2 is 1.88 bits per heavy atom. The van der Waals surface area contributed by atoms with Crippen LogP contribution in [-0.4, -0.2) is 48.2 Å². The van der Waals surface area contributed by atoms with Crippen LogP contribution < -0.4 is 10.6 Å². The van der Waals surface area contributed by atoms with Crippen LogP contribution in [0.5, 0.6) is 0 Å². The summed E-state index contributed by atoms with van der Waals surface area (Å²) >= 11 is 0. The first-order valence-electron chi connectivity index (χ1n) is 8.90. The minimum absolute atomic E-state index is 0.226. The monoisotopic (exact) mass is 334 g/mol. The Kier molecular flexibility index (Phi) is 5.56. The molecular weight excluding hydrogens is 307 g/mol. The second kappa shape index (κ2) is 7.83. The highest BCUT2D eigenvalue weighted by Gasteiger charge is 2.19. The van der Waals surface area contributed by atoms with E-state index < -0.39 is 0 Å². The van der Waals surface area contributed by atoms with Crippen molar-refractivity contribution in [3.8, 4) is 0 Å². The zero-order chi connectivity index (χ0) is 16.9. The average molecular weight is 334 g/mol. The van der Waals surface area contributed by atoms with E-state index in [1.807, 2.05) is 17.0 Å². The van der Waals surface area contributed by atoms with Gasteiger partial charge in [-0.15, -0.1) is 0 Å². The molecule has 24 heavy (non-hydrogen) atoms. The standard InChI is InChI=1S/C18H27FN4O/c19-16-12-14(13-21-18(20)23-8-2-1-3-9-23)4-5-17(16)22-10-6-15(24)7-11-22/h4-5,12,15,24H,1-3,6-11,13H2,(H2,20,21). The molecule has 0 bridgehead atoms. The number of aliphatic imine (C=N–C) groups is 1. The first-order valence-corrected chi connectivity index (χ1v) is 8.90. The highest BCUT2D eigenvalue weighted by atomic mass is 19.1. The molecule has 3 rings (SSSR count). The minimum atomic E-state index is -0.254. The maximum atomic E-state index is 14.4. The van der Waals surface area contributed by atoms with Gasteiger partial charge in [-0.25, -0.2) is 9.38 Å². The molecule has 1 aromatic carbocycles. The maximum absolute atomic E-state index is 14.4. The third-order valence-electron chi connectivity index (χ3n) is 4.92. The summed E-state index contributed by atoms with van der Waals surface area (Å²) in [4.78, 5) is 8.52. The van der Waals surface area contributed by atoms with Crippen molar-refractivity contribution >= 4 is 11.6 Å². The zero-order valence-electron chi connectivity index (χ0n) is 14.1. The minimum Gasteiger partial charge on any atom is -0.393 e. The number of aliphatic hydroxyl groups is 1. The van der Waals surface area contributed by atoms with Gasteiger partial charge in [0, 0.05) is 26.2 Å². The molecule has 0 aliphatic carbocycles. The van der Waals surface area contributed by atoms with Gasteiger partial charge in [0.1, 0.15) is 5.82 Å². The molecule has 2 aliphatic rings. The number of rotatable bonds is 3. The van der Waals surface area contributed by atoms with Gasteiger partial charge in [-0.05, 0) is 49.8 Å². The first kappa shape index (κ1) is 17.0. The van der Waals surface area contributed by atoms with Gasteiger partial charge >= 0.3 is 0 Å². The molecule has 6 heteroatoms. The Balaban J connectivity index is 1.62.